The SMILES string of the molecule is Cc1sc2ncnc(SCC(=O)N(C)Cc3ccsc3)c2c1C. The van der Waals surface area contributed by atoms with E-state index in [0.717, 1.165) is 15.2 Å². The van der Waals surface area contributed by atoms with Crippen molar-refractivity contribution in [1.82, 2.24) is 14.9 Å². The predicted octanol–water partition coefficient (Wildman–Crippen LogP) is 4.12. The van der Waals surface area contributed by atoms with Crippen LogP contribution in [-0.4, -0.2) is 33.6 Å². The summed E-state index contributed by atoms with van der Waals surface area (Å²) in [6, 6.07) is 2.05. The fourth-order valence-electron chi connectivity index (χ4n) is 2.24. The molecule has 0 unspecified atom stereocenters. The molecule has 0 fully saturated rings. The van der Waals surface area contributed by atoms with Gasteiger partial charge in [-0.2, -0.15) is 11.3 Å². The Morgan fingerprint density at radius 1 is 1.35 bits per heavy atom. The van der Waals surface area contributed by atoms with E-state index in [1.54, 1.807) is 33.9 Å². The highest BCUT2D eigenvalue weighted by molar-refractivity contribution is 8.00. The lowest BCUT2D eigenvalue weighted by Gasteiger charge is -2.16. The largest absolute Gasteiger partial charge is 0.341 e. The minimum Gasteiger partial charge on any atom is -0.341 e. The second-order valence-electron chi connectivity index (χ2n) is 5.31. The molecule has 0 radical (unpaired) electrons. The van der Waals surface area contributed by atoms with Crippen LogP contribution in [0, 0.1) is 13.8 Å². The van der Waals surface area contributed by atoms with Gasteiger partial charge in [-0.15, -0.1) is 11.3 Å². The molecule has 3 aromatic heterocycles. The molecule has 0 aromatic carbocycles. The van der Waals surface area contributed by atoms with E-state index >= 15 is 0 Å². The van der Waals surface area contributed by atoms with Gasteiger partial charge in [-0.25, -0.2) is 9.97 Å². The fraction of sp³-hybridized carbons (Fsp3) is 0.312. The Kier molecular flexibility index (Phi) is 4.99. The first-order chi connectivity index (χ1) is 11.1. The van der Waals surface area contributed by atoms with Crippen LogP contribution in [0.5, 0.6) is 0 Å². The first-order valence-corrected chi connectivity index (χ1v) is 9.89. The lowest BCUT2D eigenvalue weighted by atomic mass is 10.2. The Labute approximate surface area is 147 Å². The molecule has 1 amide bonds. The number of rotatable bonds is 5. The van der Waals surface area contributed by atoms with E-state index in [-0.39, 0.29) is 5.91 Å². The van der Waals surface area contributed by atoms with Crippen molar-refractivity contribution in [3.05, 3.63) is 39.2 Å². The lowest BCUT2D eigenvalue weighted by Crippen LogP contribution is -2.27. The molecule has 0 atom stereocenters. The molecule has 3 rings (SSSR count). The maximum atomic E-state index is 12.3. The summed E-state index contributed by atoms with van der Waals surface area (Å²) in [5, 5.41) is 6.09. The summed E-state index contributed by atoms with van der Waals surface area (Å²) in [5.41, 5.74) is 2.39. The van der Waals surface area contributed by atoms with Crippen molar-refractivity contribution in [2.24, 2.45) is 0 Å². The molecule has 7 heteroatoms. The molecule has 3 heterocycles. The third kappa shape index (κ3) is 3.57. The Hall–Kier alpha value is -1.44. The molecule has 0 bridgehead atoms. The van der Waals surface area contributed by atoms with Crippen LogP contribution in [0.15, 0.2) is 28.2 Å². The number of nitrogens with zero attached hydrogens (tertiary/aromatic N) is 3. The van der Waals surface area contributed by atoms with Crippen molar-refractivity contribution in [2.45, 2.75) is 25.4 Å². The van der Waals surface area contributed by atoms with E-state index in [1.165, 1.54) is 27.8 Å². The molecule has 0 N–H and O–H groups in total. The van der Waals surface area contributed by atoms with Gasteiger partial charge in [-0.3, -0.25) is 4.79 Å². The lowest BCUT2D eigenvalue weighted by molar-refractivity contribution is -0.127. The van der Waals surface area contributed by atoms with Crippen molar-refractivity contribution in [3.8, 4) is 0 Å². The second kappa shape index (κ2) is 6.98. The molecule has 0 aliphatic rings. The molecule has 0 aliphatic heterocycles. The molecular formula is C16H17N3OS3. The normalized spacial score (nSPS) is 11.1. The third-order valence-electron chi connectivity index (χ3n) is 3.69. The number of carbonyl (C=O) groups excluding carboxylic acids is 1. The van der Waals surface area contributed by atoms with Crippen molar-refractivity contribution < 1.29 is 4.79 Å². The molecule has 120 valence electrons. The number of thioether (sulfide) groups is 1. The van der Waals surface area contributed by atoms with Crippen LogP contribution >= 0.6 is 34.4 Å². The maximum absolute atomic E-state index is 12.3. The molecule has 0 saturated carbocycles. The number of hydrogen-bond donors (Lipinski definition) is 0. The van der Waals surface area contributed by atoms with Gasteiger partial charge in [0.05, 0.1) is 5.75 Å². The summed E-state index contributed by atoms with van der Waals surface area (Å²) in [7, 11) is 1.84. The van der Waals surface area contributed by atoms with Crippen LogP contribution in [0.2, 0.25) is 0 Å². The number of fused-ring (bicyclic) bond motifs is 1. The van der Waals surface area contributed by atoms with Gasteiger partial charge in [0.15, 0.2) is 0 Å². The van der Waals surface area contributed by atoms with E-state index in [0.29, 0.717) is 12.3 Å². The van der Waals surface area contributed by atoms with Gasteiger partial charge in [0.25, 0.3) is 0 Å². The number of hydrogen-bond acceptors (Lipinski definition) is 6. The zero-order chi connectivity index (χ0) is 16.4. The summed E-state index contributed by atoms with van der Waals surface area (Å²) in [6.45, 7) is 4.83. The van der Waals surface area contributed by atoms with Gasteiger partial charge in [0.1, 0.15) is 16.2 Å². The van der Waals surface area contributed by atoms with Gasteiger partial charge >= 0.3 is 0 Å². The first kappa shape index (κ1) is 16.4. The summed E-state index contributed by atoms with van der Waals surface area (Å²) in [4.78, 5) is 25.1. The Morgan fingerprint density at radius 2 is 2.17 bits per heavy atom. The van der Waals surface area contributed by atoms with Crippen LogP contribution in [-0.2, 0) is 11.3 Å². The number of amides is 1. The zero-order valence-corrected chi connectivity index (χ0v) is 15.6. The monoisotopic (exact) mass is 363 g/mol. The van der Waals surface area contributed by atoms with Crippen LogP contribution in [0.25, 0.3) is 10.2 Å². The number of carbonyl (C=O) groups is 1. The number of aromatic nitrogens is 2. The van der Waals surface area contributed by atoms with Crippen molar-refractivity contribution in [2.75, 3.05) is 12.8 Å². The van der Waals surface area contributed by atoms with Gasteiger partial charge in [-0.05, 0) is 41.8 Å². The molecule has 23 heavy (non-hydrogen) atoms. The highest BCUT2D eigenvalue weighted by Crippen LogP contribution is 2.34. The highest BCUT2D eigenvalue weighted by atomic mass is 32.2. The van der Waals surface area contributed by atoms with E-state index < -0.39 is 0 Å². The van der Waals surface area contributed by atoms with Gasteiger partial charge < -0.3 is 4.90 Å². The Bertz CT molecular complexity index is 827. The zero-order valence-electron chi connectivity index (χ0n) is 13.2. The quantitative estimate of drug-likeness (QED) is 0.505. The van der Waals surface area contributed by atoms with Crippen molar-refractivity contribution >= 4 is 50.6 Å². The van der Waals surface area contributed by atoms with E-state index in [4.69, 9.17) is 0 Å². The highest BCUT2D eigenvalue weighted by Gasteiger charge is 2.15. The van der Waals surface area contributed by atoms with E-state index in [2.05, 4.69) is 29.2 Å². The van der Waals surface area contributed by atoms with Crippen LogP contribution in [0.3, 0.4) is 0 Å². The number of thiophene rings is 2. The topological polar surface area (TPSA) is 46.1 Å². The van der Waals surface area contributed by atoms with E-state index in [9.17, 15) is 4.79 Å². The first-order valence-electron chi connectivity index (χ1n) is 7.15. The van der Waals surface area contributed by atoms with Crippen molar-refractivity contribution in [1.29, 1.82) is 0 Å². The Morgan fingerprint density at radius 3 is 2.91 bits per heavy atom. The van der Waals surface area contributed by atoms with E-state index in [1.807, 2.05) is 18.5 Å². The summed E-state index contributed by atoms with van der Waals surface area (Å²) >= 11 is 4.82. The standard InChI is InChI=1S/C16H17N3OS3/c1-10-11(2)23-16-14(10)15(17-9-18-16)22-8-13(20)19(3)6-12-4-5-21-7-12/h4-5,7,9H,6,8H2,1-3H3. The van der Waals surface area contributed by atoms with Crippen LogP contribution in [0.1, 0.15) is 16.0 Å². The van der Waals surface area contributed by atoms with Crippen LogP contribution in [0.4, 0.5) is 0 Å². The molecule has 0 spiro atoms. The molecule has 0 aliphatic carbocycles. The maximum Gasteiger partial charge on any atom is 0.233 e. The molecular weight excluding hydrogens is 346 g/mol. The summed E-state index contributed by atoms with van der Waals surface area (Å²) in [5.74, 6) is 0.499. The van der Waals surface area contributed by atoms with Gasteiger partial charge in [0, 0.05) is 23.9 Å². The smallest absolute Gasteiger partial charge is 0.233 e. The average Bonchev–Trinajstić information content (AvgIpc) is 3.14. The van der Waals surface area contributed by atoms with Crippen LogP contribution < -0.4 is 0 Å². The van der Waals surface area contributed by atoms with Gasteiger partial charge in [0.2, 0.25) is 5.91 Å². The molecule has 3 aromatic rings. The second-order valence-corrected chi connectivity index (χ2v) is 8.26. The summed E-state index contributed by atoms with van der Waals surface area (Å²) in [6.07, 6.45) is 1.58. The summed E-state index contributed by atoms with van der Waals surface area (Å²) < 4.78 is 0. The minimum atomic E-state index is 0.109. The van der Waals surface area contributed by atoms with Crippen molar-refractivity contribution in [3.63, 3.8) is 0 Å². The minimum absolute atomic E-state index is 0.109. The third-order valence-corrected chi connectivity index (χ3v) is 6.51. The molecule has 4 nitrogen and oxygen atoms in total. The fourth-order valence-corrected chi connectivity index (χ4v) is 4.96. The number of aryl methyl sites for hydroxylation is 2. The Balaban J connectivity index is 1.69. The van der Waals surface area contributed by atoms with Gasteiger partial charge in [-0.1, -0.05) is 11.8 Å². The molecule has 0 saturated heterocycles. The average molecular weight is 364 g/mol. The predicted molar refractivity (Wildman–Crippen MR) is 98.4 cm³/mol.